The molecule has 1 saturated heterocycles. The molecule has 2 aliphatic rings. The fraction of sp³-hybridized carbons (Fsp3) is 0.556. The molecular formula is C18H23NO4. The molecule has 5 heteroatoms. The molecule has 0 aromatic heterocycles. The number of carbonyl (C=O) groups excluding carboxylic acids is 1. The minimum atomic E-state index is -0.827. The zero-order valence-corrected chi connectivity index (χ0v) is 13.2. The van der Waals surface area contributed by atoms with E-state index in [-0.39, 0.29) is 18.6 Å². The van der Waals surface area contributed by atoms with Gasteiger partial charge in [-0.2, -0.15) is 0 Å². The largest absolute Gasteiger partial charge is 0.490 e. The van der Waals surface area contributed by atoms with Crippen LogP contribution in [0.1, 0.15) is 48.9 Å². The molecule has 0 bridgehead atoms. The van der Waals surface area contributed by atoms with Gasteiger partial charge in [0.05, 0.1) is 17.6 Å². The quantitative estimate of drug-likeness (QED) is 0.927. The number of nitrogens with zero attached hydrogens (tertiary/aromatic N) is 1. The first-order valence-corrected chi connectivity index (χ1v) is 8.43. The van der Waals surface area contributed by atoms with Crippen molar-refractivity contribution in [3.8, 4) is 5.75 Å². The maximum absolute atomic E-state index is 12.7. The van der Waals surface area contributed by atoms with Crippen LogP contribution >= 0.6 is 0 Å². The van der Waals surface area contributed by atoms with Crippen LogP contribution in [0.5, 0.6) is 5.75 Å². The molecule has 2 fully saturated rings. The molecule has 1 unspecified atom stereocenters. The van der Waals surface area contributed by atoms with Crippen molar-refractivity contribution in [2.75, 3.05) is 13.1 Å². The summed E-state index contributed by atoms with van der Waals surface area (Å²) in [6.07, 6.45) is 6.38. The van der Waals surface area contributed by atoms with Crippen molar-refractivity contribution in [3.05, 3.63) is 29.8 Å². The monoisotopic (exact) mass is 317 g/mol. The van der Waals surface area contributed by atoms with Crippen LogP contribution < -0.4 is 4.74 Å². The van der Waals surface area contributed by atoms with Crippen LogP contribution in [0.25, 0.3) is 0 Å². The average molecular weight is 317 g/mol. The smallest absolute Gasteiger partial charge is 0.308 e. The second-order valence-corrected chi connectivity index (χ2v) is 6.45. The summed E-state index contributed by atoms with van der Waals surface area (Å²) in [5.41, 5.74) is 0.545. The number of amides is 1. The molecule has 1 aliphatic heterocycles. The predicted molar refractivity (Wildman–Crippen MR) is 85.6 cm³/mol. The van der Waals surface area contributed by atoms with Gasteiger partial charge in [-0.05, 0) is 44.2 Å². The molecule has 1 aliphatic carbocycles. The molecule has 5 nitrogen and oxygen atoms in total. The molecule has 1 saturated carbocycles. The van der Waals surface area contributed by atoms with E-state index in [1.807, 2.05) is 18.2 Å². The number of carbonyl (C=O) groups is 2. The summed E-state index contributed by atoms with van der Waals surface area (Å²) >= 11 is 0. The van der Waals surface area contributed by atoms with Gasteiger partial charge >= 0.3 is 5.97 Å². The molecule has 1 N–H and O–H groups in total. The number of para-hydroxylation sites is 1. The highest BCUT2D eigenvalue weighted by molar-refractivity contribution is 5.97. The van der Waals surface area contributed by atoms with Crippen LogP contribution in [-0.2, 0) is 4.79 Å². The highest BCUT2D eigenvalue weighted by Crippen LogP contribution is 2.28. The van der Waals surface area contributed by atoms with Crippen LogP contribution in [0.15, 0.2) is 24.3 Å². The summed E-state index contributed by atoms with van der Waals surface area (Å²) in [5.74, 6) is -0.777. The molecule has 3 rings (SSSR count). The van der Waals surface area contributed by atoms with Crippen LogP contribution in [-0.4, -0.2) is 41.1 Å². The fourth-order valence-corrected chi connectivity index (χ4v) is 3.43. The van der Waals surface area contributed by atoms with Gasteiger partial charge < -0.3 is 14.7 Å². The van der Waals surface area contributed by atoms with Gasteiger partial charge in [-0.1, -0.05) is 18.6 Å². The average Bonchev–Trinajstić information content (AvgIpc) is 3.06. The second-order valence-electron chi connectivity index (χ2n) is 6.45. The lowest BCUT2D eigenvalue weighted by atomic mass is 9.97. The number of carboxylic acids is 1. The van der Waals surface area contributed by atoms with E-state index in [1.165, 1.54) is 19.3 Å². The van der Waals surface area contributed by atoms with Crippen molar-refractivity contribution < 1.29 is 19.4 Å². The zero-order valence-electron chi connectivity index (χ0n) is 13.2. The van der Waals surface area contributed by atoms with Gasteiger partial charge in [-0.25, -0.2) is 0 Å². The van der Waals surface area contributed by atoms with Crippen molar-refractivity contribution in [1.82, 2.24) is 4.90 Å². The Labute approximate surface area is 136 Å². The Hall–Kier alpha value is -2.04. The third-order valence-electron chi connectivity index (χ3n) is 4.79. The first-order chi connectivity index (χ1) is 11.1. The summed E-state index contributed by atoms with van der Waals surface area (Å²) in [6, 6.07) is 7.31. The molecule has 124 valence electrons. The van der Waals surface area contributed by atoms with Crippen molar-refractivity contribution in [2.24, 2.45) is 5.92 Å². The summed E-state index contributed by atoms with van der Waals surface area (Å²) in [5, 5.41) is 9.09. The molecule has 1 aromatic rings. The number of hydrogen-bond donors (Lipinski definition) is 1. The summed E-state index contributed by atoms with van der Waals surface area (Å²) in [6.45, 7) is 0.777. The van der Waals surface area contributed by atoms with Crippen molar-refractivity contribution >= 4 is 11.9 Å². The van der Waals surface area contributed by atoms with Gasteiger partial charge in [-0.3, -0.25) is 9.59 Å². The number of likely N-dealkylation sites (tertiary alicyclic amines) is 1. The molecule has 1 heterocycles. The number of aliphatic carboxylic acids is 1. The number of benzene rings is 1. The minimum absolute atomic E-state index is 0.125. The summed E-state index contributed by atoms with van der Waals surface area (Å²) < 4.78 is 6.08. The molecule has 0 radical (unpaired) electrons. The van der Waals surface area contributed by atoms with Gasteiger partial charge in [0.15, 0.2) is 0 Å². The van der Waals surface area contributed by atoms with Gasteiger partial charge in [0.25, 0.3) is 5.91 Å². The van der Waals surface area contributed by atoms with Crippen LogP contribution in [0.2, 0.25) is 0 Å². The lowest BCUT2D eigenvalue weighted by Crippen LogP contribution is -2.31. The van der Waals surface area contributed by atoms with E-state index < -0.39 is 11.9 Å². The van der Waals surface area contributed by atoms with E-state index in [0.717, 1.165) is 12.8 Å². The van der Waals surface area contributed by atoms with Crippen LogP contribution in [0.4, 0.5) is 0 Å². The second kappa shape index (κ2) is 7.02. The Kier molecular flexibility index (Phi) is 4.84. The van der Waals surface area contributed by atoms with Crippen LogP contribution in [0.3, 0.4) is 0 Å². The molecule has 1 amide bonds. The van der Waals surface area contributed by atoms with Crippen molar-refractivity contribution in [2.45, 2.75) is 44.6 Å². The molecular weight excluding hydrogens is 294 g/mol. The Bertz CT molecular complexity index is 580. The topological polar surface area (TPSA) is 66.8 Å². The standard InChI is InChI=1S/C18H23NO4/c20-17(19-11-10-13(12-19)18(21)22)15-8-4-5-9-16(15)23-14-6-2-1-3-7-14/h4-5,8-9,13-14H,1-3,6-7,10-12H2,(H,21,22). The molecule has 0 spiro atoms. The third kappa shape index (κ3) is 3.66. The Morgan fingerprint density at radius 2 is 1.83 bits per heavy atom. The van der Waals surface area contributed by atoms with Gasteiger partial charge in [0, 0.05) is 13.1 Å². The lowest BCUT2D eigenvalue weighted by molar-refractivity contribution is -0.141. The van der Waals surface area contributed by atoms with E-state index in [9.17, 15) is 9.59 Å². The third-order valence-corrected chi connectivity index (χ3v) is 4.79. The van der Waals surface area contributed by atoms with E-state index in [0.29, 0.717) is 24.3 Å². The first kappa shape index (κ1) is 15.8. The maximum Gasteiger partial charge on any atom is 0.308 e. The predicted octanol–water partition coefficient (Wildman–Crippen LogP) is 2.94. The highest BCUT2D eigenvalue weighted by Gasteiger charge is 2.32. The Balaban J connectivity index is 1.72. The van der Waals surface area contributed by atoms with Gasteiger partial charge in [0.1, 0.15) is 5.75 Å². The fourth-order valence-electron chi connectivity index (χ4n) is 3.43. The number of rotatable bonds is 4. The maximum atomic E-state index is 12.7. The Morgan fingerprint density at radius 1 is 1.09 bits per heavy atom. The number of carboxylic acid groups (broad SMARTS) is 1. The van der Waals surface area contributed by atoms with E-state index in [1.54, 1.807) is 11.0 Å². The van der Waals surface area contributed by atoms with E-state index >= 15 is 0 Å². The SMILES string of the molecule is O=C(O)C1CCN(C(=O)c2ccccc2OC2CCCCC2)C1. The first-order valence-electron chi connectivity index (χ1n) is 8.43. The molecule has 1 atom stereocenters. The molecule has 23 heavy (non-hydrogen) atoms. The highest BCUT2D eigenvalue weighted by atomic mass is 16.5. The summed E-state index contributed by atoms with van der Waals surface area (Å²) in [4.78, 5) is 25.4. The molecule has 1 aromatic carbocycles. The van der Waals surface area contributed by atoms with E-state index in [2.05, 4.69) is 0 Å². The van der Waals surface area contributed by atoms with Crippen molar-refractivity contribution in [3.63, 3.8) is 0 Å². The van der Waals surface area contributed by atoms with Gasteiger partial charge in [-0.15, -0.1) is 0 Å². The zero-order chi connectivity index (χ0) is 16.2. The van der Waals surface area contributed by atoms with Crippen LogP contribution in [0, 0.1) is 5.92 Å². The van der Waals surface area contributed by atoms with Crippen molar-refractivity contribution in [1.29, 1.82) is 0 Å². The lowest BCUT2D eigenvalue weighted by Gasteiger charge is -2.25. The number of hydrogen-bond acceptors (Lipinski definition) is 3. The van der Waals surface area contributed by atoms with Gasteiger partial charge in [0.2, 0.25) is 0 Å². The summed E-state index contributed by atoms with van der Waals surface area (Å²) in [7, 11) is 0. The normalized spacial score (nSPS) is 22.1. The number of ether oxygens (including phenoxy) is 1. The Morgan fingerprint density at radius 3 is 2.52 bits per heavy atom. The minimum Gasteiger partial charge on any atom is -0.490 e. The van der Waals surface area contributed by atoms with E-state index in [4.69, 9.17) is 9.84 Å².